The highest BCUT2D eigenvalue weighted by Gasteiger charge is 2.27. The van der Waals surface area contributed by atoms with Crippen LogP contribution < -0.4 is 0 Å². The summed E-state index contributed by atoms with van der Waals surface area (Å²) in [6.45, 7) is 12.4. The highest BCUT2D eigenvalue weighted by Crippen LogP contribution is 2.40. The van der Waals surface area contributed by atoms with Crippen LogP contribution in [0.2, 0.25) is 0 Å². The van der Waals surface area contributed by atoms with E-state index in [1.807, 2.05) is 59.8 Å². The van der Waals surface area contributed by atoms with Crippen molar-refractivity contribution >= 4 is 29.7 Å². The molecule has 2 rings (SSSR count). The first kappa shape index (κ1) is 22.1. The first-order chi connectivity index (χ1) is 12.8. The number of phenolic OH excluding ortho intramolecular Hbond substituents is 1. The maximum Gasteiger partial charge on any atom is 0.305 e. The van der Waals surface area contributed by atoms with Gasteiger partial charge < -0.3 is 15.1 Å². The minimum atomic E-state index is -0.937. The number of nitrogens with zero attached hydrogens (tertiary/aromatic N) is 1. The average Bonchev–Trinajstić information content (AvgIpc) is 2.54. The van der Waals surface area contributed by atoms with Crippen LogP contribution in [0.5, 0.6) is 5.75 Å². The number of phenols is 1. The molecule has 28 heavy (non-hydrogen) atoms. The van der Waals surface area contributed by atoms with Gasteiger partial charge in [0.05, 0.1) is 11.3 Å². The highest BCUT2D eigenvalue weighted by molar-refractivity contribution is 8.06. The molecule has 0 atom stereocenters. The van der Waals surface area contributed by atoms with E-state index >= 15 is 0 Å². The maximum atomic E-state index is 12.7. The smallest absolute Gasteiger partial charge is 0.305 e. The molecule has 0 fully saturated rings. The predicted octanol–water partition coefficient (Wildman–Crippen LogP) is 4.85. The van der Waals surface area contributed by atoms with Gasteiger partial charge in [-0.15, -0.1) is 0 Å². The monoisotopic (exact) mass is 403 g/mol. The molecule has 1 aromatic rings. The average molecular weight is 404 g/mol. The second kappa shape index (κ2) is 8.03. The number of carboxylic acids is 1. The molecule has 0 aromatic heterocycles. The molecular weight excluding hydrogens is 374 g/mol. The Morgan fingerprint density at radius 1 is 1.11 bits per heavy atom. The molecule has 0 spiro atoms. The fourth-order valence-electron chi connectivity index (χ4n) is 2.96. The topological polar surface area (TPSA) is 77.8 Å². The number of amides is 1. The zero-order valence-corrected chi connectivity index (χ0v) is 18.2. The van der Waals surface area contributed by atoms with Crippen LogP contribution in [0.3, 0.4) is 0 Å². The third-order valence-electron chi connectivity index (χ3n) is 4.52. The van der Waals surface area contributed by atoms with Gasteiger partial charge in [-0.3, -0.25) is 9.59 Å². The number of hydrogen-bond acceptors (Lipinski definition) is 4. The summed E-state index contributed by atoms with van der Waals surface area (Å²) in [7, 11) is 0. The van der Waals surface area contributed by atoms with Gasteiger partial charge >= 0.3 is 5.97 Å². The fourth-order valence-corrected chi connectivity index (χ4v) is 3.74. The summed E-state index contributed by atoms with van der Waals surface area (Å²) < 4.78 is 0. The summed E-state index contributed by atoms with van der Waals surface area (Å²) in [6.07, 6.45) is 3.33. The molecule has 0 saturated heterocycles. The highest BCUT2D eigenvalue weighted by atomic mass is 32.2. The Bertz CT molecular complexity index is 806. The van der Waals surface area contributed by atoms with E-state index in [1.54, 1.807) is 11.6 Å². The van der Waals surface area contributed by atoms with Crippen LogP contribution in [0.4, 0.5) is 0 Å². The lowest BCUT2D eigenvalue weighted by Crippen LogP contribution is -2.30. The van der Waals surface area contributed by atoms with E-state index in [9.17, 15) is 14.7 Å². The number of carbonyl (C=O) groups is 2. The van der Waals surface area contributed by atoms with Crippen molar-refractivity contribution < 1.29 is 19.8 Å². The quantitative estimate of drug-likeness (QED) is 0.703. The molecule has 2 N–H and O–H groups in total. The van der Waals surface area contributed by atoms with Crippen LogP contribution in [0.25, 0.3) is 6.08 Å². The number of aliphatic carboxylic acids is 1. The summed E-state index contributed by atoms with van der Waals surface area (Å²) in [5.41, 5.74) is 2.00. The SMILES string of the molecule is CC(C)(C)c1cc(/C=C2\SC=CN(CCC(=O)O)C2=O)cc(C(C)(C)C)c1O. The Kier molecular flexibility index (Phi) is 6.34. The van der Waals surface area contributed by atoms with Gasteiger partial charge in [0, 0.05) is 23.9 Å². The summed E-state index contributed by atoms with van der Waals surface area (Å²) in [6, 6.07) is 3.84. The van der Waals surface area contributed by atoms with Crippen molar-refractivity contribution in [2.75, 3.05) is 6.54 Å². The van der Waals surface area contributed by atoms with E-state index in [0.29, 0.717) is 10.7 Å². The van der Waals surface area contributed by atoms with Crippen LogP contribution in [-0.4, -0.2) is 33.5 Å². The number of aromatic hydroxyl groups is 1. The van der Waals surface area contributed by atoms with E-state index in [0.717, 1.165) is 16.7 Å². The third kappa shape index (κ3) is 5.19. The van der Waals surface area contributed by atoms with Crippen molar-refractivity contribution in [2.45, 2.75) is 58.8 Å². The van der Waals surface area contributed by atoms with Crippen LogP contribution >= 0.6 is 11.8 Å². The van der Waals surface area contributed by atoms with Gasteiger partial charge in [-0.2, -0.15) is 0 Å². The van der Waals surface area contributed by atoms with Crippen molar-refractivity contribution in [1.82, 2.24) is 4.90 Å². The van der Waals surface area contributed by atoms with E-state index < -0.39 is 5.97 Å². The zero-order chi connectivity index (χ0) is 21.3. The molecule has 1 aliphatic heterocycles. The van der Waals surface area contributed by atoms with Gasteiger partial charge in [0.2, 0.25) is 0 Å². The Morgan fingerprint density at radius 2 is 1.64 bits per heavy atom. The third-order valence-corrected chi connectivity index (χ3v) is 5.32. The fraction of sp³-hybridized carbons (Fsp3) is 0.455. The molecular formula is C22H29NO4S. The maximum absolute atomic E-state index is 12.7. The standard InChI is InChI=1S/C22H29NO4S/c1-21(2,3)15-11-14(12-16(19(15)26)22(4,5)6)13-17-20(27)23(9-10-28-17)8-7-18(24)25/h9-13,26H,7-8H2,1-6H3,(H,24,25)/b17-13-. The Balaban J connectivity index is 2.48. The van der Waals surface area contributed by atoms with Crippen molar-refractivity contribution in [3.63, 3.8) is 0 Å². The van der Waals surface area contributed by atoms with Gasteiger partial charge in [-0.1, -0.05) is 53.3 Å². The van der Waals surface area contributed by atoms with Crippen LogP contribution in [0, 0.1) is 0 Å². The molecule has 0 unspecified atom stereocenters. The summed E-state index contributed by atoms with van der Waals surface area (Å²) in [5, 5.41) is 21.5. The van der Waals surface area contributed by atoms with E-state index in [2.05, 4.69) is 0 Å². The molecule has 1 aromatic carbocycles. The normalized spacial score (nSPS) is 16.7. The largest absolute Gasteiger partial charge is 0.507 e. The van der Waals surface area contributed by atoms with Crippen LogP contribution in [0.1, 0.15) is 64.7 Å². The first-order valence-corrected chi connectivity index (χ1v) is 10.1. The molecule has 1 heterocycles. The van der Waals surface area contributed by atoms with Crippen molar-refractivity contribution in [3.8, 4) is 5.75 Å². The lowest BCUT2D eigenvalue weighted by Gasteiger charge is -2.28. The predicted molar refractivity (Wildman–Crippen MR) is 114 cm³/mol. The minimum absolute atomic E-state index is 0.102. The number of carbonyl (C=O) groups excluding carboxylic acids is 1. The zero-order valence-electron chi connectivity index (χ0n) is 17.4. The van der Waals surface area contributed by atoms with Crippen LogP contribution in [-0.2, 0) is 20.4 Å². The van der Waals surface area contributed by atoms with Crippen molar-refractivity contribution in [1.29, 1.82) is 0 Å². The molecule has 6 heteroatoms. The summed E-state index contributed by atoms with van der Waals surface area (Å²) in [4.78, 5) is 25.5. The number of benzene rings is 1. The molecule has 0 bridgehead atoms. The minimum Gasteiger partial charge on any atom is -0.507 e. The Hall–Kier alpha value is -2.21. The number of thioether (sulfide) groups is 1. The lowest BCUT2D eigenvalue weighted by molar-refractivity contribution is -0.137. The summed E-state index contributed by atoms with van der Waals surface area (Å²) in [5.74, 6) is -0.850. The van der Waals surface area contributed by atoms with Crippen molar-refractivity contribution in [2.24, 2.45) is 0 Å². The second-order valence-electron chi connectivity index (χ2n) is 9.02. The number of carboxylic acid groups (broad SMARTS) is 1. The molecule has 0 radical (unpaired) electrons. The van der Waals surface area contributed by atoms with Gasteiger partial charge in [-0.05, 0) is 40.0 Å². The molecule has 5 nitrogen and oxygen atoms in total. The van der Waals surface area contributed by atoms with E-state index in [-0.39, 0.29) is 29.7 Å². The molecule has 1 aliphatic rings. The van der Waals surface area contributed by atoms with Crippen LogP contribution in [0.15, 0.2) is 28.6 Å². The Labute approximate surface area is 171 Å². The van der Waals surface area contributed by atoms with E-state index in [1.165, 1.54) is 16.7 Å². The number of rotatable bonds is 4. The second-order valence-corrected chi connectivity index (χ2v) is 9.97. The number of hydrogen-bond donors (Lipinski definition) is 2. The lowest BCUT2D eigenvalue weighted by atomic mass is 9.78. The molecule has 0 aliphatic carbocycles. The van der Waals surface area contributed by atoms with Crippen molar-refractivity contribution in [3.05, 3.63) is 45.3 Å². The molecule has 0 saturated carbocycles. The van der Waals surface area contributed by atoms with Gasteiger partial charge in [-0.25, -0.2) is 0 Å². The molecule has 152 valence electrons. The van der Waals surface area contributed by atoms with Gasteiger partial charge in [0.15, 0.2) is 0 Å². The van der Waals surface area contributed by atoms with E-state index in [4.69, 9.17) is 5.11 Å². The van der Waals surface area contributed by atoms with Gasteiger partial charge in [0.1, 0.15) is 5.75 Å². The Morgan fingerprint density at radius 3 is 2.11 bits per heavy atom. The molecule has 1 amide bonds. The summed E-state index contributed by atoms with van der Waals surface area (Å²) >= 11 is 1.31. The first-order valence-electron chi connectivity index (χ1n) is 9.26. The van der Waals surface area contributed by atoms with Gasteiger partial charge in [0.25, 0.3) is 5.91 Å².